The van der Waals surface area contributed by atoms with Crippen molar-refractivity contribution in [1.29, 1.82) is 5.26 Å². The van der Waals surface area contributed by atoms with Crippen molar-refractivity contribution >= 4 is 0 Å². The molecular formula is C12H9N3. The first kappa shape index (κ1) is 9.35. The Kier molecular flexibility index (Phi) is 2.70. The molecule has 72 valence electrons. The van der Waals surface area contributed by atoms with E-state index in [4.69, 9.17) is 5.26 Å². The average molecular weight is 195 g/mol. The zero-order valence-electron chi connectivity index (χ0n) is 8.09. The minimum absolute atomic E-state index is 0.334. The second-order valence-electron chi connectivity index (χ2n) is 3.06. The molecule has 0 spiro atoms. The number of aromatic nitrogens is 2. The van der Waals surface area contributed by atoms with Crippen molar-refractivity contribution in [1.82, 2.24) is 9.97 Å². The maximum atomic E-state index is 8.58. The molecule has 0 aliphatic heterocycles. The molecule has 0 unspecified atom stereocenters. The van der Waals surface area contributed by atoms with Crippen molar-refractivity contribution in [3.05, 3.63) is 48.3 Å². The molecule has 0 atom stereocenters. The number of rotatable bonds is 2. The molecule has 15 heavy (non-hydrogen) atoms. The average Bonchev–Trinajstić information content (AvgIpc) is 2.31. The Morgan fingerprint density at radius 3 is 2.67 bits per heavy atom. The Hall–Kier alpha value is -2.21. The van der Waals surface area contributed by atoms with Crippen LogP contribution in [-0.4, -0.2) is 9.97 Å². The Balaban J connectivity index is 2.38. The third-order valence-electron chi connectivity index (χ3n) is 1.99. The third kappa shape index (κ3) is 2.18. The Morgan fingerprint density at radius 2 is 1.93 bits per heavy atom. The summed E-state index contributed by atoms with van der Waals surface area (Å²) in [6, 6.07) is 13.4. The van der Waals surface area contributed by atoms with Crippen LogP contribution in [0.25, 0.3) is 11.4 Å². The lowest BCUT2D eigenvalue weighted by Crippen LogP contribution is -1.91. The lowest BCUT2D eigenvalue weighted by atomic mass is 10.2. The molecule has 2 aromatic heterocycles. The van der Waals surface area contributed by atoms with Gasteiger partial charge in [0.2, 0.25) is 0 Å². The van der Waals surface area contributed by atoms with Gasteiger partial charge in [0, 0.05) is 6.20 Å². The SMILES string of the molecule is N#CCc1cccc(-c2ccccn2)n1. The summed E-state index contributed by atoms with van der Waals surface area (Å²) in [6.45, 7) is 0. The van der Waals surface area contributed by atoms with Gasteiger partial charge in [-0.1, -0.05) is 12.1 Å². The van der Waals surface area contributed by atoms with Crippen molar-refractivity contribution < 1.29 is 0 Å². The molecule has 0 amide bonds. The fraction of sp³-hybridized carbons (Fsp3) is 0.0833. The largest absolute Gasteiger partial charge is 0.255 e. The minimum atomic E-state index is 0.334. The Bertz CT molecular complexity index is 486. The molecular weight excluding hydrogens is 186 g/mol. The molecule has 0 aliphatic rings. The summed E-state index contributed by atoms with van der Waals surface area (Å²) in [7, 11) is 0. The van der Waals surface area contributed by atoms with Gasteiger partial charge in [-0.05, 0) is 24.3 Å². The van der Waals surface area contributed by atoms with Gasteiger partial charge in [-0.3, -0.25) is 9.97 Å². The van der Waals surface area contributed by atoms with Crippen molar-refractivity contribution in [3.8, 4) is 17.5 Å². The van der Waals surface area contributed by atoms with Crippen LogP contribution in [0.5, 0.6) is 0 Å². The van der Waals surface area contributed by atoms with Crippen LogP contribution in [-0.2, 0) is 6.42 Å². The van der Waals surface area contributed by atoms with Gasteiger partial charge in [0.1, 0.15) is 0 Å². The first-order chi connectivity index (χ1) is 7.40. The summed E-state index contributed by atoms with van der Waals surface area (Å²) in [4.78, 5) is 8.55. The van der Waals surface area contributed by atoms with Crippen LogP contribution in [0.4, 0.5) is 0 Å². The molecule has 0 aliphatic carbocycles. The van der Waals surface area contributed by atoms with Gasteiger partial charge < -0.3 is 0 Å². The fourth-order valence-electron chi connectivity index (χ4n) is 1.32. The van der Waals surface area contributed by atoms with Crippen LogP contribution in [0, 0.1) is 11.3 Å². The van der Waals surface area contributed by atoms with E-state index in [1.54, 1.807) is 6.20 Å². The number of hydrogen-bond acceptors (Lipinski definition) is 3. The van der Waals surface area contributed by atoms with Gasteiger partial charge in [-0.25, -0.2) is 0 Å². The highest BCUT2D eigenvalue weighted by molar-refractivity contribution is 5.53. The molecule has 0 saturated heterocycles. The van der Waals surface area contributed by atoms with E-state index in [1.807, 2.05) is 36.4 Å². The lowest BCUT2D eigenvalue weighted by molar-refractivity contribution is 1.11. The van der Waals surface area contributed by atoms with Crippen molar-refractivity contribution in [3.63, 3.8) is 0 Å². The molecule has 2 rings (SSSR count). The smallest absolute Gasteiger partial charge is 0.0889 e. The van der Waals surface area contributed by atoms with E-state index >= 15 is 0 Å². The highest BCUT2D eigenvalue weighted by Crippen LogP contribution is 2.13. The van der Waals surface area contributed by atoms with Crippen LogP contribution in [0.15, 0.2) is 42.6 Å². The Labute approximate surface area is 88.1 Å². The van der Waals surface area contributed by atoms with Crippen LogP contribution in [0.3, 0.4) is 0 Å². The van der Waals surface area contributed by atoms with Crippen LogP contribution in [0.1, 0.15) is 5.69 Å². The normalized spacial score (nSPS) is 9.53. The zero-order valence-corrected chi connectivity index (χ0v) is 8.09. The molecule has 0 saturated carbocycles. The van der Waals surface area contributed by atoms with Gasteiger partial charge in [-0.2, -0.15) is 5.26 Å². The molecule has 0 radical (unpaired) electrons. The number of nitrogens with zero attached hydrogens (tertiary/aromatic N) is 3. The number of pyridine rings is 2. The van der Waals surface area contributed by atoms with Crippen LogP contribution >= 0.6 is 0 Å². The van der Waals surface area contributed by atoms with Gasteiger partial charge >= 0.3 is 0 Å². The van der Waals surface area contributed by atoms with Gasteiger partial charge in [-0.15, -0.1) is 0 Å². The topological polar surface area (TPSA) is 49.6 Å². The Morgan fingerprint density at radius 1 is 1.07 bits per heavy atom. The van der Waals surface area contributed by atoms with Crippen LogP contribution in [0.2, 0.25) is 0 Å². The van der Waals surface area contributed by atoms with Crippen LogP contribution < -0.4 is 0 Å². The van der Waals surface area contributed by atoms with Gasteiger partial charge in [0.05, 0.1) is 29.6 Å². The number of nitriles is 1. The quantitative estimate of drug-likeness (QED) is 0.738. The summed E-state index contributed by atoms with van der Waals surface area (Å²) >= 11 is 0. The number of hydrogen-bond donors (Lipinski definition) is 0. The van der Waals surface area contributed by atoms with E-state index in [0.717, 1.165) is 17.1 Å². The standard InChI is InChI=1S/C12H9N3/c13-8-7-10-4-3-6-12(15-10)11-5-1-2-9-14-11/h1-6,9H,7H2. The zero-order chi connectivity index (χ0) is 10.5. The predicted molar refractivity (Wildman–Crippen MR) is 56.8 cm³/mol. The molecule has 0 fully saturated rings. The first-order valence-electron chi connectivity index (χ1n) is 4.64. The molecule has 3 nitrogen and oxygen atoms in total. The maximum Gasteiger partial charge on any atom is 0.0889 e. The van der Waals surface area contributed by atoms with E-state index in [2.05, 4.69) is 16.0 Å². The van der Waals surface area contributed by atoms with E-state index in [1.165, 1.54) is 0 Å². The molecule has 0 aromatic carbocycles. The molecule has 0 bridgehead atoms. The summed E-state index contributed by atoms with van der Waals surface area (Å²) in [5.74, 6) is 0. The lowest BCUT2D eigenvalue weighted by Gasteiger charge is -2.00. The van der Waals surface area contributed by atoms with Gasteiger partial charge in [0.25, 0.3) is 0 Å². The highest BCUT2D eigenvalue weighted by Gasteiger charge is 2.00. The summed E-state index contributed by atoms with van der Waals surface area (Å²) < 4.78 is 0. The minimum Gasteiger partial charge on any atom is -0.255 e. The highest BCUT2D eigenvalue weighted by atomic mass is 14.8. The first-order valence-corrected chi connectivity index (χ1v) is 4.64. The van der Waals surface area contributed by atoms with Gasteiger partial charge in [0.15, 0.2) is 0 Å². The molecule has 2 heterocycles. The predicted octanol–water partition coefficient (Wildman–Crippen LogP) is 2.21. The monoisotopic (exact) mass is 195 g/mol. The second kappa shape index (κ2) is 4.34. The van der Waals surface area contributed by atoms with Crippen molar-refractivity contribution in [2.45, 2.75) is 6.42 Å². The molecule has 2 aromatic rings. The fourth-order valence-corrected chi connectivity index (χ4v) is 1.32. The molecule has 3 heteroatoms. The van der Waals surface area contributed by atoms with E-state index in [9.17, 15) is 0 Å². The van der Waals surface area contributed by atoms with E-state index in [0.29, 0.717) is 6.42 Å². The summed E-state index contributed by atoms with van der Waals surface area (Å²) in [5.41, 5.74) is 2.42. The summed E-state index contributed by atoms with van der Waals surface area (Å²) in [6.07, 6.45) is 2.06. The third-order valence-corrected chi connectivity index (χ3v) is 1.99. The maximum absolute atomic E-state index is 8.58. The molecule has 0 N–H and O–H groups in total. The van der Waals surface area contributed by atoms with E-state index in [-0.39, 0.29) is 0 Å². The second-order valence-corrected chi connectivity index (χ2v) is 3.06. The van der Waals surface area contributed by atoms with Crippen molar-refractivity contribution in [2.24, 2.45) is 0 Å². The van der Waals surface area contributed by atoms with Crippen molar-refractivity contribution in [2.75, 3.05) is 0 Å². The van der Waals surface area contributed by atoms with E-state index < -0.39 is 0 Å². The summed E-state index contributed by atoms with van der Waals surface area (Å²) in [5, 5.41) is 8.58.